The second-order valence-corrected chi connectivity index (χ2v) is 5.69. The van der Waals surface area contributed by atoms with Crippen LogP contribution in [0.3, 0.4) is 0 Å². The number of rotatable bonds is 4. The minimum absolute atomic E-state index is 0.453. The van der Waals surface area contributed by atoms with E-state index in [4.69, 9.17) is 23.2 Å². The maximum absolute atomic E-state index is 10.0. The van der Waals surface area contributed by atoms with E-state index in [1.165, 1.54) is 4.88 Å². The minimum atomic E-state index is -0.453. The van der Waals surface area contributed by atoms with Gasteiger partial charge >= 0.3 is 0 Å². The maximum Gasteiger partial charge on any atom is 0.0629 e. The molecule has 1 atom stereocenters. The Labute approximate surface area is 115 Å². The van der Waals surface area contributed by atoms with E-state index in [1.54, 1.807) is 29.5 Å². The molecule has 0 spiro atoms. The van der Waals surface area contributed by atoms with Crippen LogP contribution >= 0.6 is 34.5 Å². The van der Waals surface area contributed by atoms with Crippen LogP contribution in [0.1, 0.15) is 10.4 Å². The summed E-state index contributed by atoms with van der Waals surface area (Å²) in [6.45, 7) is 0. The zero-order chi connectivity index (χ0) is 12.3. The molecule has 0 bridgehead atoms. The lowest BCUT2D eigenvalue weighted by Crippen LogP contribution is -2.13. The lowest BCUT2D eigenvalue weighted by molar-refractivity contribution is 0.176. The van der Waals surface area contributed by atoms with Crippen molar-refractivity contribution in [2.45, 2.75) is 18.9 Å². The van der Waals surface area contributed by atoms with E-state index in [9.17, 15) is 5.11 Å². The summed E-state index contributed by atoms with van der Waals surface area (Å²) in [5.41, 5.74) is 0.819. The zero-order valence-electron chi connectivity index (χ0n) is 9.07. The van der Waals surface area contributed by atoms with Crippen LogP contribution in [0.2, 0.25) is 10.0 Å². The van der Waals surface area contributed by atoms with Crippen molar-refractivity contribution in [3.05, 3.63) is 56.2 Å². The highest BCUT2D eigenvalue weighted by Gasteiger charge is 2.12. The molecule has 1 aromatic carbocycles. The Morgan fingerprint density at radius 3 is 2.35 bits per heavy atom. The average Bonchev–Trinajstić information content (AvgIpc) is 2.76. The molecule has 0 amide bonds. The number of halogens is 2. The van der Waals surface area contributed by atoms with E-state index in [1.807, 2.05) is 17.5 Å². The molecule has 1 aromatic heterocycles. The van der Waals surface area contributed by atoms with Gasteiger partial charge in [-0.05, 0) is 29.1 Å². The Balaban J connectivity index is 2.05. The molecule has 0 aliphatic carbocycles. The molecule has 0 saturated carbocycles. The van der Waals surface area contributed by atoms with Crippen molar-refractivity contribution in [2.75, 3.05) is 0 Å². The molecule has 0 fully saturated rings. The molecule has 0 aliphatic heterocycles. The third kappa shape index (κ3) is 3.46. The fourth-order valence-electron chi connectivity index (χ4n) is 1.70. The molecule has 2 rings (SSSR count). The van der Waals surface area contributed by atoms with Gasteiger partial charge in [-0.1, -0.05) is 35.3 Å². The number of hydrogen-bond acceptors (Lipinski definition) is 2. The molecule has 1 N–H and O–H groups in total. The summed E-state index contributed by atoms with van der Waals surface area (Å²) in [4.78, 5) is 1.17. The van der Waals surface area contributed by atoms with Gasteiger partial charge in [-0.15, -0.1) is 11.3 Å². The lowest BCUT2D eigenvalue weighted by Gasteiger charge is -2.12. The molecular weight excluding hydrogens is 275 g/mol. The predicted molar refractivity (Wildman–Crippen MR) is 74.2 cm³/mol. The number of aliphatic hydroxyl groups excluding tert-OH is 1. The molecule has 1 heterocycles. The van der Waals surface area contributed by atoms with E-state index in [0.29, 0.717) is 22.9 Å². The second kappa shape index (κ2) is 5.87. The lowest BCUT2D eigenvalue weighted by atomic mass is 10.0. The number of benzene rings is 1. The molecule has 1 unspecified atom stereocenters. The van der Waals surface area contributed by atoms with Crippen molar-refractivity contribution in [2.24, 2.45) is 0 Å². The summed E-state index contributed by atoms with van der Waals surface area (Å²) in [5, 5.41) is 13.2. The predicted octanol–water partition coefficient (Wildman–Crippen LogP) is 4.20. The Kier molecular flexibility index (Phi) is 4.46. The molecular formula is C13H12Cl2OS. The zero-order valence-corrected chi connectivity index (χ0v) is 11.4. The Bertz CT molecular complexity index is 462. The van der Waals surface area contributed by atoms with E-state index in [-0.39, 0.29) is 0 Å². The largest absolute Gasteiger partial charge is 0.392 e. The van der Waals surface area contributed by atoms with Gasteiger partial charge in [0.05, 0.1) is 6.10 Å². The van der Waals surface area contributed by atoms with E-state index >= 15 is 0 Å². The summed E-state index contributed by atoms with van der Waals surface area (Å²) in [6.07, 6.45) is 0.668. The SMILES string of the molecule is OC(Cc1cccs1)Cc1c(Cl)cccc1Cl. The van der Waals surface area contributed by atoms with Crippen molar-refractivity contribution in [1.82, 2.24) is 0 Å². The monoisotopic (exact) mass is 286 g/mol. The third-order valence-electron chi connectivity index (χ3n) is 2.52. The summed E-state index contributed by atoms with van der Waals surface area (Å²) in [7, 11) is 0. The van der Waals surface area contributed by atoms with Gasteiger partial charge in [0, 0.05) is 27.8 Å². The van der Waals surface area contributed by atoms with Crippen LogP contribution in [0.4, 0.5) is 0 Å². The smallest absolute Gasteiger partial charge is 0.0629 e. The topological polar surface area (TPSA) is 20.2 Å². The molecule has 90 valence electrons. The van der Waals surface area contributed by atoms with Crippen molar-refractivity contribution < 1.29 is 5.11 Å². The van der Waals surface area contributed by atoms with Gasteiger partial charge in [0.25, 0.3) is 0 Å². The summed E-state index contributed by atoms with van der Waals surface area (Å²) in [6, 6.07) is 9.39. The summed E-state index contributed by atoms with van der Waals surface area (Å²) >= 11 is 13.8. The van der Waals surface area contributed by atoms with Crippen molar-refractivity contribution in [1.29, 1.82) is 0 Å². The first-order chi connectivity index (χ1) is 8.16. The van der Waals surface area contributed by atoms with Gasteiger partial charge in [0.1, 0.15) is 0 Å². The van der Waals surface area contributed by atoms with E-state index in [2.05, 4.69) is 0 Å². The fraction of sp³-hybridized carbons (Fsp3) is 0.231. The molecule has 17 heavy (non-hydrogen) atoms. The summed E-state index contributed by atoms with van der Waals surface area (Å²) in [5.74, 6) is 0. The third-order valence-corrected chi connectivity index (χ3v) is 4.13. The van der Waals surface area contributed by atoms with Crippen molar-refractivity contribution in [3.8, 4) is 0 Å². The number of hydrogen-bond donors (Lipinski definition) is 1. The first-order valence-electron chi connectivity index (χ1n) is 5.30. The van der Waals surface area contributed by atoms with Crippen molar-refractivity contribution >= 4 is 34.5 Å². The maximum atomic E-state index is 10.0. The van der Waals surface area contributed by atoms with E-state index in [0.717, 1.165) is 5.56 Å². The normalized spacial score (nSPS) is 12.6. The highest BCUT2D eigenvalue weighted by Crippen LogP contribution is 2.26. The molecule has 4 heteroatoms. The molecule has 2 aromatic rings. The first-order valence-corrected chi connectivity index (χ1v) is 6.93. The van der Waals surface area contributed by atoms with E-state index < -0.39 is 6.10 Å². The highest BCUT2D eigenvalue weighted by atomic mass is 35.5. The Morgan fingerprint density at radius 1 is 1.06 bits per heavy atom. The van der Waals surface area contributed by atoms with Crippen LogP contribution in [0, 0.1) is 0 Å². The second-order valence-electron chi connectivity index (χ2n) is 3.84. The van der Waals surface area contributed by atoms with Crippen LogP contribution < -0.4 is 0 Å². The van der Waals surface area contributed by atoms with Gasteiger partial charge in [0.2, 0.25) is 0 Å². The van der Waals surface area contributed by atoms with Crippen LogP contribution in [0.5, 0.6) is 0 Å². The van der Waals surface area contributed by atoms with Crippen LogP contribution in [-0.4, -0.2) is 11.2 Å². The molecule has 0 aliphatic rings. The van der Waals surface area contributed by atoms with Gasteiger partial charge < -0.3 is 5.11 Å². The van der Waals surface area contributed by atoms with Gasteiger partial charge in [0.15, 0.2) is 0 Å². The van der Waals surface area contributed by atoms with Gasteiger partial charge in [-0.2, -0.15) is 0 Å². The summed E-state index contributed by atoms with van der Waals surface area (Å²) < 4.78 is 0. The van der Waals surface area contributed by atoms with Crippen LogP contribution in [0.15, 0.2) is 35.7 Å². The van der Waals surface area contributed by atoms with Crippen LogP contribution in [0.25, 0.3) is 0 Å². The number of thiophene rings is 1. The fourth-order valence-corrected chi connectivity index (χ4v) is 3.03. The Hall–Kier alpha value is -0.540. The standard InChI is InChI=1S/C13H12Cl2OS/c14-12-4-1-5-13(15)11(12)8-9(16)7-10-3-2-6-17-10/h1-6,9,16H,7-8H2. The molecule has 0 radical (unpaired) electrons. The Morgan fingerprint density at radius 2 is 1.76 bits per heavy atom. The molecule has 0 saturated heterocycles. The highest BCUT2D eigenvalue weighted by molar-refractivity contribution is 7.09. The molecule has 1 nitrogen and oxygen atoms in total. The van der Waals surface area contributed by atoms with Crippen LogP contribution in [-0.2, 0) is 12.8 Å². The van der Waals surface area contributed by atoms with Gasteiger partial charge in [-0.25, -0.2) is 0 Å². The minimum Gasteiger partial charge on any atom is -0.392 e. The quantitative estimate of drug-likeness (QED) is 0.893. The first kappa shape index (κ1) is 12.9. The average molecular weight is 287 g/mol. The van der Waals surface area contributed by atoms with Crippen molar-refractivity contribution in [3.63, 3.8) is 0 Å². The van der Waals surface area contributed by atoms with Gasteiger partial charge in [-0.3, -0.25) is 0 Å². The number of aliphatic hydroxyl groups is 1.